The molecule has 1 N–H and O–H groups in total. The van der Waals surface area contributed by atoms with E-state index in [9.17, 15) is 9.59 Å². The molecule has 8 heteroatoms. The molecule has 1 aliphatic carbocycles. The van der Waals surface area contributed by atoms with Crippen molar-refractivity contribution in [3.05, 3.63) is 34.6 Å². The average Bonchev–Trinajstić information content (AvgIpc) is 3.25. The zero-order valence-electron chi connectivity index (χ0n) is 13.5. The largest absolute Gasteiger partial charge is 0.467 e. The van der Waals surface area contributed by atoms with Gasteiger partial charge in [-0.25, -0.2) is 4.99 Å². The van der Waals surface area contributed by atoms with Crippen LogP contribution < -0.4 is 5.32 Å². The first kappa shape index (κ1) is 16.7. The molecule has 6 nitrogen and oxygen atoms in total. The van der Waals surface area contributed by atoms with E-state index in [-0.39, 0.29) is 23.5 Å². The van der Waals surface area contributed by atoms with Crippen molar-refractivity contribution < 1.29 is 14.0 Å². The van der Waals surface area contributed by atoms with Gasteiger partial charge in [0.1, 0.15) is 11.7 Å². The Bertz CT molecular complexity index is 796. The maximum Gasteiger partial charge on any atom is 0.262 e. The lowest BCUT2D eigenvalue weighted by molar-refractivity contribution is -0.119. The van der Waals surface area contributed by atoms with Gasteiger partial charge in [-0.2, -0.15) is 4.99 Å². The summed E-state index contributed by atoms with van der Waals surface area (Å²) in [4.78, 5) is 34.3. The van der Waals surface area contributed by atoms with Crippen LogP contribution in [-0.2, 0) is 16.1 Å². The van der Waals surface area contributed by atoms with E-state index in [0.717, 1.165) is 24.3 Å². The average molecular weight is 375 g/mol. The third-order valence-corrected chi connectivity index (χ3v) is 6.41. The summed E-state index contributed by atoms with van der Waals surface area (Å²) in [7, 11) is 0. The van der Waals surface area contributed by atoms with Crippen molar-refractivity contribution >= 4 is 45.5 Å². The lowest BCUT2D eigenvalue weighted by atomic mass is 9.89. The second-order valence-corrected chi connectivity index (χ2v) is 8.08. The van der Waals surface area contributed by atoms with Crippen LogP contribution in [-0.4, -0.2) is 27.8 Å². The van der Waals surface area contributed by atoms with E-state index in [1.165, 1.54) is 28.7 Å². The van der Waals surface area contributed by atoms with Gasteiger partial charge in [0.2, 0.25) is 5.91 Å². The predicted molar refractivity (Wildman–Crippen MR) is 99.5 cm³/mol. The van der Waals surface area contributed by atoms with Crippen LogP contribution in [0.2, 0.25) is 0 Å². The summed E-state index contributed by atoms with van der Waals surface area (Å²) in [6, 6.07) is 3.58. The SMILES string of the molecule is O=C(CSC1=NC(=O)C2C(=N1)SC1=C2CCCC1)NCc1ccco1. The molecular formula is C17H17N3O3S2. The standard InChI is InChI=1S/C17H17N3O3S2/c21-13(18-8-10-4-3-7-23-10)9-24-17-19-15(22)14-11-5-1-2-6-12(11)25-16(14)20-17/h3-4,7,14H,1-2,5-6,8-9H2,(H,18,21). The number of fused-ring (bicyclic) bond motifs is 2. The number of allylic oxidation sites excluding steroid dienone is 1. The summed E-state index contributed by atoms with van der Waals surface area (Å²) >= 11 is 2.83. The van der Waals surface area contributed by atoms with Gasteiger partial charge in [0.25, 0.3) is 5.91 Å². The summed E-state index contributed by atoms with van der Waals surface area (Å²) in [5.74, 6) is 0.341. The number of nitrogens with zero attached hydrogens (tertiary/aromatic N) is 2. The van der Waals surface area contributed by atoms with Crippen LogP contribution in [0.4, 0.5) is 0 Å². The number of thioether (sulfide) groups is 2. The van der Waals surface area contributed by atoms with Crippen LogP contribution in [0.3, 0.4) is 0 Å². The van der Waals surface area contributed by atoms with E-state index in [2.05, 4.69) is 15.3 Å². The number of furan rings is 1. The van der Waals surface area contributed by atoms with Crippen LogP contribution in [0.25, 0.3) is 0 Å². The van der Waals surface area contributed by atoms with E-state index in [4.69, 9.17) is 4.42 Å². The van der Waals surface area contributed by atoms with E-state index in [1.54, 1.807) is 30.2 Å². The van der Waals surface area contributed by atoms with Gasteiger partial charge in [-0.15, -0.1) is 0 Å². The van der Waals surface area contributed by atoms with Gasteiger partial charge in [0.05, 0.1) is 23.6 Å². The highest BCUT2D eigenvalue weighted by Crippen LogP contribution is 2.47. The molecule has 0 fully saturated rings. The summed E-state index contributed by atoms with van der Waals surface area (Å²) < 4.78 is 5.17. The molecule has 3 aliphatic rings. The second-order valence-electron chi connectivity index (χ2n) is 6.02. The van der Waals surface area contributed by atoms with Crippen molar-refractivity contribution in [3.63, 3.8) is 0 Å². The fourth-order valence-electron chi connectivity index (χ4n) is 3.12. The lowest BCUT2D eigenvalue weighted by Crippen LogP contribution is -2.27. The predicted octanol–water partition coefficient (Wildman–Crippen LogP) is 3.11. The third kappa shape index (κ3) is 3.59. The minimum Gasteiger partial charge on any atom is -0.467 e. The van der Waals surface area contributed by atoms with Crippen molar-refractivity contribution in [1.29, 1.82) is 0 Å². The fraction of sp³-hybridized carbons (Fsp3) is 0.412. The molecule has 0 radical (unpaired) electrons. The minimum absolute atomic E-state index is 0.136. The molecule has 3 heterocycles. The molecule has 1 atom stereocenters. The number of hydrogen-bond acceptors (Lipinski definition) is 6. The van der Waals surface area contributed by atoms with Gasteiger partial charge in [-0.05, 0) is 48.3 Å². The normalized spacial score (nSPS) is 22.2. The molecule has 0 aromatic carbocycles. The Morgan fingerprint density at radius 3 is 3.08 bits per heavy atom. The zero-order valence-corrected chi connectivity index (χ0v) is 15.1. The molecule has 25 heavy (non-hydrogen) atoms. The molecule has 2 aliphatic heterocycles. The van der Waals surface area contributed by atoms with Crippen molar-refractivity contribution in [2.45, 2.75) is 32.2 Å². The number of amidine groups is 1. The molecule has 0 bridgehead atoms. The molecule has 0 saturated carbocycles. The zero-order chi connectivity index (χ0) is 17.2. The molecule has 0 spiro atoms. The number of carbonyl (C=O) groups is 2. The van der Waals surface area contributed by atoms with Gasteiger partial charge in [-0.3, -0.25) is 9.59 Å². The molecule has 1 aromatic rings. The quantitative estimate of drug-likeness (QED) is 0.874. The van der Waals surface area contributed by atoms with E-state index < -0.39 is 0 Å². The highest BCUT2D eigenvalue weighted by atomic mass is 32.2. The number of aliphatic imine (C=N–C) groups is 2. The molecule has 130 valence electrons. The molecule has 1 aromatic heterocycles. The molecular weight excluding hydrogens is 358 g/mol. The minimum atomic E-state index is -0.252. The summed E-state index contributed by atoms with van der Waals surface area (Å²) in [5, 5.41) is 3.99. The Kier molecular flexibility index (Phi) is 4.80. The summed E-state index contributed by atoms with van der Waals surface area (Å²) in [6.45, 7) is 0.348. The Morgan fingerprint density at radius 2 is 2.24 bits per heavy atom. The highest BCUT2D eigenvalue weighted by Gasteiger charge is 2.40. The Hall–Kier alpha value is -1.80. The van der Waals surface area contributed by atoms with E-state index in [0.29, 0.717) is 17.5 Å². The first-order valence-corrected chi connectivity index (χ1v) is 10.0. The van der Waals surface area contributed by atoms with Crippen molar-refractivity contribution in [3.8, 4) is 0 Å². The van der Waals surface area contributed by atoms with E-state index in [1.807, 2.05) is 0 Å². The van der Waals surface area contributed by atoms with Crippen LogP contribution >= 0.6 is 23.5 Å². The second kappa shape index (κ2) is 7.21. The van der Waals surface area contributed by atoms with Crippen molar-refractivity contribution in [2.75, 3.05) is 5.75 Å². The van der Waals surface area contributed by atoms with Gasteiger partial charge < -0.3 is 9.73 Å². The van der Waals surface area contributed by atoms with Gasteiger partial charge >= 0.3 is 0 Å². The number of carbonyl (C=O) groups excluding carboxylic acids is 2. The Labute approximate surface area is 153 Å². The summed E-state index contributed by atoms with van der Waals surface area (Å²) in [6.07, 6.45) is 5.90. The number of hydrogen-bond donors (Lipinski definition) is 1. The number of rotatable bonds is 4. The number of amides is 2. The smallest absolute Gasteiger partial charge is 0.262 e. The fourth-order valence-corrected chi connectivity index (χ4v) is 5.20. The van der Waals surface area contributed by atoms with E-state index >= 15 is 0 Å². The van der Waals surface area contributed by atoms with Crippen LogP contribution in [0.1, 0.15) is 31.4 Å². The molecule has 1 unspecified atom stereocenters. The maximum absolute atomic E-state index is 12.4. The van der Waals surface area contributed by atoms with Crippen molar-refractivity contribution in [2.24, 2.45) is 15.9 Å². The Balaban J connectivity index is 1.34. The summed E-state index contributed by atoms with van der Waals surface area (Å²) in [5.41, 5.74) is 1.23. The first-order chi connectivity index (χ1) is 12.2. The van der Waals surface area contributed by atoms with Crippen LogP contribution in [0.15, 0.2) is 43.3 Å². The lowest BCUT2D eigenvalue weighted by Gasteiger charge is -2.18. The topological polar surface area (TPSA) is 84.0 Å². The van der Waals surface area contributed by atoms with Crippen LogP contribution in [0.5, 0.6) is 0 Å². The molecule has 2 amide bonds. The third-order valence-electron chi connectivity index (χ3n) is 4.31. The Morgan fingerprint density at radius 1 is 1.36 bits per heavy atom. The molecule has 4 rings (SSSR count). The van der Waals surface area contributed by atoms with Gasteiger partial charge in [-0.1, -0.05) is 23.5 Å². The molecule has 0 saturated heterocycles. The maximum atomic E-state index is 12.4. The van der Waals surface area contributed by atoms with Gasteiger partial charge in [0, 0.05) is 0 Å². The van der Waals surface area contributed by atoms with Gasteiger partial charge in [0.15, 0.2) is 5.17 Å². The van der Waals surface area contributed by atoms with Crippen LogP contribution in [0, 0.1) is 5.92 Å². The monoisotopic (exact) mass is 375 g/mol. The number of nitrogens with one attached hydrogen (secondary N) is 1. The highest BCUT2D eigenvalue weighted by molar-refractivity contribution is 8.18. The van der Waals surface area contributed by atoms with Crippen molar-refractivity contribution in [1.82, 2.24) is 5.32 Å². The first-order valence-electron chi connectivity index (χ1n) is 8.23.